The summed E-state index contributed by atoms with van der Waals surface area (Å²) in [5.41, 5.74) is 0.959. The van der Waals surface area contributed by atoms with Gasteiger partial charge in [-0.15, -0.1) is 11.8 Å². The second kappa shape index (κ2) is 5.83. The van der Waals surface area contributed by atoms with Gasteiger partial charge in [0.2, 0.25) is 0 Å². The van der Waals surface area contributed by atoms with Crippen molar-refractivity contribution in [3.8, 4) is 0 Å². The molecule has 2 unspecified atom stereocenters. The molecule has 3 rings (SSSR count). The lowest BCUT2D eigenvalue weighted by atomic mass is 9.93. The second-order valence-electron chi connectivity index (χ2n) is 5.37. The first-order chi connectivity index (χ1) is 9.30. The van der Waals surface area contributed by atoms with Gasteiger partial charge in [0.1, 0.15) is 0 Å². The van der Waals surface area contributed by atoms with Crippen molar-refractivity contribution in [1.82, 2.24) is 0 Å². The van der Waals surface area contributed by atoms with Crippen molar-refractivity contribution in [3.05, 3.63) is 29.8 Å². The predicted octanol–water partition coefficient (Wildman–Crippen LogP) is 2.61. The Morgan fingerprint density at radius 3 is 3.11 bits per heavy atom. The van der Waals surface area contributed by atoms with Gasteiger partial charge < -0.3 is 14.6 Å². The SMILES string of the molecule is OCc1cccc(SC2CCOC3(CCOC3)C2)c1. The second-order valence-corrected chi connectivity index (χ2v) is 6.75. The average Bonchev–Trinajstić information content (AvgIpc) is 2.87. The molecule has 0 amide bonds. The number of rotatable bonds is 3. The molecule has 2 fully saturated rings. The first kappa shape index (κ1) is 13.4. The van der Waals surface area contributed by atoms with E-state index in [-0.39, 0.29) is 12.2 Å². The van der Waals surface area contributed by atoms with Crippen LogP contribution in [0, 0.1) is 0 Å². The van der Waals surface area contributed by atoms with Crippen LogP contribution >= 0.6 is 11.8 Å². The molecular weight excluding hydrogens is 260 g/mol. The van der Waals surface area contributed by atoms with E-state index >= 15 is 0 Å². The van der Waals surface area contributed by atoms with E-state index in [0.717, 1.165) is 44.6 Å². The highest BCUT2D eigenvalue weighted by Crippen LogP contribution is 2.40. The van der Waals surface area contributed by atoms with Crippen LogP contribution in [0.3, 0.4) is 0 Å². The van der Waals surface area contributed by atoms with Gasteiger partial charge in [0.15, 0.2) is 0 Å². The van der Waals surface area contributed by atoms with Crippen LogP contribution in [0.2, 0.25) is 0 Å². The Balaban J connectivity index is 1.65. The van der Waals surface area contributed by atoms with E-state index in [4.69, 9.17) is 9.47 Å². The van der Waals surface area contributed by atoms with Gasteiger partial charge in [0.25, 0.3) is 0 Å². The number of aliphatic hydroxyl groups excluding tert-OH is 1. The first-order valence-corrected chi connectivity index (χ1v) is 7.76. The van der Waals surface area contributed by atoms with Gasteiger partial charge in [-0.05, 0) is 30.5 Å². The summed E-state index contributed by atoms with van der Waals surface area (Å²) in [6, 6.07) is 8.18. The van der Waals surface area contributed by atoms with Crippen molar-refractivity contribution in [2.75, 3.05) is 19.8 Å². The fourth-order valence-electron chi connectivity index (χ4n) is 2.86. The summed E-state index contributed by atoms with van der Waals surface area (Å²) in [6.07, 6.45) is 3.19. The van der Waals surface area contributed by atoms with E-state index < -0.39 is 0 Å². The molecule has 0 aliphatic carbocycles. The van der Waals surface area contributed by atoms with Crippen molar-refractivity contribution >= 4 is 11.8 Å². The number of aliphatic hydroxyl groups is 1. The summed E-state index contributed by atoms with van der Waals surface area (Å²) in [4.78, 5) is 1.24. The third-order valence-electron chi connectivity index (χ3n) is 3.90. The summed E-state index contributed by atoms with van der Waals surface area (Å²) in [6.45, 7) is 2.53. The quantitative estimate of drug-likeness (QED) is 0.923. The zero-order valence-electron chi connectivity index (χ0n) is 11.0. The molecule has 2 heterocycles. The fraction of sp³-hybridized carbons (Fsp3) is 0.600. The topological polar surface area (TPSA) is 38.7 Å². The van der Waals surface area contributed by atoms with Crippen LogP contribution in [0.4, 0.5) is 0 Å². The van der Waals surface area contributed by atoms with E-state index in [1.807, 2.05) is 23.9 Å². The van der Waals surface area contributed by atoms with Crippen LogP contribution in [0.1, 0.15) is 24.8 Å². The lowest BCUT2D eigenvalue weighted by Gasteiger charge is -2.36. The molecule has 2 atom stereocenters. The summed E-state index contributed by atoms with van der Waals surface area (Å²) in [7, 11) is 0. The molecule has 1 N–H and O–H groups in total. The molecule has 0 radical (unpaired) electrons. The van der Waals surface area contributed by atoms with Crippen LogP contribution in [-0.2, 0) is 16.1 Å². The minimum atomic E-state index is -0.0233. The molecule has 3 nitrogen and oxygen atoms in total. The fourth-order valence-corrected chi connectivity index (χ4v) is 4.22. The largest absolute Gasteiger partial charge is 0.392 e. The minimum absolute atomic E-state index is 0.0233. The monoisotopic (exact) mass is 280 g/mol. The highest BCUT2D eigenvalue weighted by Gasteiger charge is 2.41. The van der Waals surface area contributed by atoms with E-state index in [1.54, 1.807) is 0 Å². The van der Waals surface area contributed by atoms with Crippen molar-refractivity contribution in [3.63, 3.8) is 0 Å². The molecule has 2 aliphatic rings. The maximum Gasteiger partial charge on any atom is 0.0947 e. The molecule has 19 heavy (non-hydrogen) atoms. The van der Waals surface area contributed by atoms with Crippen LogP contribution in [0.15, 0.2) is 29.2 Å². The highest BCUT2D eigenvalue weighted by molar-refractivity contribution is 8.00. The summed E-state index contributed by atoms with van der Waals surface area (Å²) < 4.78 is 11.5. The Bertz CT molecular complexity index is 429. The van der Waals surface area contributed by atoms with E-state index in [2.05, 4.69) is 12.1 Å². The maximum absolute atomic E-state index is 9.19. The number of benzene rings is 1. The molecule has 0 bridgehead atoms. The third kappa shape index (κ3) is 3.14. The van der Waals surface area contributed by atoms with Crippen LogP contribution < -0.4 is 0 Å². The number of thioether (sulfide) groups is 1. The van der Waals surface area contributed by atoms with Crippen LogP contribution in [0.5, 0.6) is 0 Å². The van der Waals surface area contributed by atoms with Crippen molar-refractivity contribution in [2.45, 2.75) is 41.6 Å². The van der Waals surface area contributed by atoms with E-state index in [1.165, 1.54) is 4.90 Å². The third-order valence-corrected chi connectivity index (χ3v) is 5.16. The van der Waals surface area contributed by atoms with Gasteiger partial charge in [-0.1, -0.05) is 12.1 Å². The Morgan fingerprint density at radius 1 is 1.37 bits per heavy atom. The Morgan fingerprint density at radius 2 is 2.32 bits per heavy atom. The van der Waals surface area contributed by atoms with E-state index in [0.29, 0.717) is 5.25 Å². The van der Waals surface area contributed by atoms with Crippen LogP contribution in [0.25, 0.3) is 0 Å². The normalized spacial score (nSPS) is 30.9. The molecule has 1 spiro atoms. The van der Waals surface area contributed by atoms with Gasteiger partial charge >= 0.3 is 0 Å². The maximum atomic E-state index is 9.19. The number of hydrogen-bond donors (Lipinski definition) is 1. The number of ether oxygens (including phenoxy) is 2. The van der Waals surface area contributed by atoms with E-state index in [9.17, 15) is 5.11 Å². The molecular formula is C15H20O3S. The highest BCUT2D eigenvalue weighted by atomic mass is 32.2. The Kier molecular flexibility index (Phi) is 4.12. The zero-order valence-corrected chi connectivity index (χ0v) is 11.8. The van der Waals surface area contributed by atoms with Gasteiger partial charge in [0, 0.05) is 29.8 Å². The van der Waals surface area contributed by atoms with Gasteiger partial charge in [0.05, 0.1) is 18.8 Å². The van der Waals surface area contributed by atoms with Crippen molar-refractivity contribution < 1.29 is 14.6 Å². The van der Waals surface area contributed by atoms with Crippen molar-refractivity contribution in [2.24, 2.45) is 0 Å². The molecule has 1 aromatic carbocycles. The van der Waals surface area contributed by atoms with Crippen molar-refractivity contribution in [1.29, 1.82) is 0 Å². The lowest BCUT2D eigenvalue weighted by Crippen LogP contribution is -2.41. The van der Waals surface area contributed by atoms with Gasteiger partial charge in [-0.2, -0.15) is 0 Å². The molecule has 4 heteroatoms. The predicted molar refractivity (Wildman–Crippen MR) is 75.4 cm³/mol. The summed E-state index contributed by atoms with van der Waals surface area (Å²) >= 11 is 1.91. The Labute approximate surface area is 118 Å². The average molecular weight is 280 g/mol. The zero-order chi connectivity index (χ0) is 13.1. The van der Waals surface area contributed by atoms with Crippen LogP contribution in [-0.4, -0.2) is 35.8 Å². The summed E-state index contributed by atoms with van der Waals surface area (Å²) in [5, 5.41) is 9.78. The van der Waals surface area contributed by atoms with Gasteiger partial charge in [-0.25, -0.2) is 0 Å². The molecule has 0 saturated carbocycles. The molecule has 1 aromatic rings. The Hall–Kier alpha value is -0.550. The molecule has 0 aromatic heterocycles. The molecule has 2 aliphatic heterocycles. The lowest BCUT2D eigenvalue weighted by molar-refractivity contribution is -0.0769. The molecule has 2 saturated heterocycles. The minimum Gasteiger partial charge on any atom is -0.392 e. The first-order valence-electron chi connectivity index (χ1n) is 6.88. The molecule has 104 valence electrons. The van der Waals surface area contributed by atoms with Gasteiger partial charge in [-0.3, -0.25) is 0 Å². The summed E-state index contributed by atoms with van der Waals surface area (Å²) in [5.74, 6) is 0. The number of hydrogen-bond acceptors (Lipinski definition) is 4. The smallest absolute Gasteiger partial charge is 0.0947 e. The standard InChI is InChI=1S/C15H20O3S/c16-10-12-2-1-3-13(8-12)19-14-4-6-18-15(9-14)5-7-17-11-15/h1-3,8,14,16H,4-7,9-11H2.